The van der Waals surface area contributed by atoms with Gasteiger partial charge in [0.2, 0.25) is 5.89 Å². The number of nitrogens with zero attached hydrogens (tertiary/aromatic N) is 3. The summed E-state index contributed by atoms with van der Waals surface area (Å²) in [6.07, 6.45) is 1.94. The molecule has 3 rings (SSSR count). The molecule has 2 amide bonds. The summed E-state index contributed by atoms with van der Waals surface area (Å²) in [6, 6.07) is 4.29. The van der Waals surface area contributed by atoms with Crippen molar-refractivity contribution in [3.8, 4) is 0 Å². The summed E-state index contributed by atoms with van der Waals surface area (Å²) in [4.78, 5) is 18.8. The highest BCUT2D eigenvalue weighted by Gasteiger charge is 2.27. The number of nitrogens with one attached hydrogen (secondary N) is 1. The molecule has 2 aromatic rings. The lowest BCUT2D eigenvalue weighted by Gasteiger charge is -2.31. The van der Waals surface area contributed by atoms with E-state index in [4.69, 9.17) is 4.52 Å². The molecule has 0 aliphatic carbocycles. The zero-order valence-electron chi connectivity index (χ0n) is 15.4. The van der Waals surface area contributed by atoms with Crippen molar-refractivity contribution in [1.29, 1.82) is 0 Å². The third-order valence-corrected chi connectivity index (χ3v) is 4.87. The van der Waals surface area contributed by atoms with Crippen molar-refractivity contribution in [2.45, 2.75) is 53.0 Å². The van der Waals surface area contributed by atoms with E-state index in [0.29, 0.717) is 24.8 Å². The van der Waals surface area contributed by atoms with Crippen molar-refractivity contribution in [2.75, 3.05) is 13.1 Å². The topological polar surface area (TPSA) is 71.3 Å². The van der Waals surface area contributed by atoms with Crippen LogP contribution in [0.2, 0.25) is 0 Å². The summed E-state index contributed by atoms with van der Waals surface area (Å²) in [5.41, 5.74) is 4.88. The van der Waals surface area contributed by atoms with Gasteiger partial charge < -0.3 is 14.7 Å². The first-order valence-electron chi connectivity index (χ1n) is 8.83. The molecule has 6 heteroatoms. The summed E-state index contributed by atoms with van der Waals surface area (Å²) in [7, 11) is 0. The summed E-state index contributed by atoms with van der Waals surface area (Å²) in [6.45, 7) is 10.0. The SMILES string of the molecule is Cc1cc(C)c(CNC(=O)N2CCC[C@H](c3noc(C)n3)C2)c(C)c1. The smallest absolute Gasteiger partial charge is 0.317 e. The molecule has 1 atom stereocenters. The second kappa shape index (κ2) is 7.25. The highest BCUT2D eigenvalue weighted by molar-refractivity contribution is 5.74. The normalized spacial score (nSPS) is 17.6. The van der Waals surface area contributed by atoms with Gasteiger partial charge in [0.25, 0.3) is 0 Å². The minimum atomic E-state index is -0.0238. The Morgan fingerprint density at radius 2 is 2.00 bits per heavy atom. The maximum atomic E-state index is 12.6. The number of carbonyl (C=O) groups is 1. The van der Waals surface area contributed by atoms with Gasteiger partial charge in [-0.1, -0.05) is 22.9 Å². The van der Waals surface area contributed by atoms with Crippen LogP contribution < -0.4 is 5.32 Å². The van der Waals surface area contributed by atoms with E-state index >= 15 is 0 Å². The number of urea groups is 1. The van der Waals surface area contributed by atoms with Gasteiger partial charge in [-0.2, -0.15) is 4.98 Å². The molecule has 2 heterocycles. The number of piperidine rings is 1. The van der Waals surface area contributed by atoms with E-state index in [-0.39, 0.29) is 11.9 Å². The largest absolute Gasteiger partial charge is 0.340 e. The molecule has 6 nitrogen and oxygen atoms in total. The molecule has 0 unspecified atom stereocenters. The Hall–Kier alpha value is -2.37. The van der Waals surface area contributed by atoms with Gasteiger partial charge in [-0.25, -0.2) is 4.79 Å². The molecule has 134 valence electrons. The van der Waals surface area contributed by atoms with Crippen LogP contribution in [0.25, 0.3) is 0 Å². The van der Waals surface area contributed by atoms with Crippen LogP contribution in [0.4, 0.5) is 4.79 Å². The standard InChI is InChI=1S/C19H26N4O2/c1-12-8-13(2)17(14(3)9-12)10-20-19(24)23-7-5-6-16(11-23)18-21-15(4)25-22-18/h8-9,16H,5-7,10-11H2,1-4H3,(H,20,24)/t16-/m0/s1. The Labute approximate surface area is 148 Å². The summed E-state index contributed by atoms with van der Waals surface area (Å²) < 4.78 is 5.07. The first-order chi connectivity index (χ1) is 11.9. The van der Waals surface area contributed by atoms with Gasteiger partial charge in [-0.15, -0.1) is 0 Å². The zero-order valence-corrected chi connectivity index (χ0v) is 15.4. The lowest BCUT2D eigenvalue weighted by atomic mass is 9.97. The van der Waals surface area contributed by atoms with E-state index < -0.39 is 0 Å². The molecule has 0 bridgehead atoms. The predicted octanol–water partition coefficient (Wildman–Crippen LogP) is 3.39. The lowest BCUT2D eigenvalue weighted by molar-refractivity contribution is 0.177. The quantitative estimate of drug-likeness (QED) is 0.928. The fourth-order valence-corrected chi connectivity index (χ4v) is 3.62. The van der Waals surface area contributed by atoms with Gasteiger partial charge >= 0.3 is 6.03 Å². The number of rotatable bonds is 3. The van der Waals surface area contributed by atoms with Crippen LogP contribution in [-0.4, -0.2) is 34.2 Å². The van der Waals surface area contributed by atoms with Gasteiger partial charge in [0.15, 0.2) is 5.82 Å². The van der Waals surface area contributed by atoms with Gasteiger partial charge in [-0.05, 0) is 50.3 Å². The van der Waals surface area contributed by atoms with Crippen LogP contribution in [0.5, 0.6) is 0 Å². The van der Waals surface area contributed by atoms with Gasteiger partial charge in [0, 0.05) is 32.5 Å². The Bertz CT molecular complexity index is 746. The molecule has 25 heavy (non-hydrogen) atoms. The highest BCUT2D eigenvalue weighted by atomic mass is 16.5. The third-order valence-electron chi connectivity index (χ3n) is 4.87. The van der Waals surface area contributed by atoms with Crippen LogP contribution in [-0.2, 0) is 6.54 Å². The first-order valence-corrected chi connectivity index (χ1v) is 8.83. The van der Waals surface area contributed by atoms with Crippen molar-refractivity contribution in [3.05, 3.63) is 46.1 Å². The molecule has 1 aliphatic rings. The van der Waals surface area contributed by atoms with E-state index in [2.05, 4.69) is 48.4 Å². The molecule has 1 fully saturated rings. The number of aryl methyl sites for hydroxylation is 4. The Morgan fingerprint density at radius 3 is 2.64 bits per heavy atom. The maximum Gasteiger partial charge on any atom is 0.317 e. The van der Waals surface area contributed by atoms with E-state index in [0.717, 1.165) is 19.4 Å². The van der Waals surface area contributed by atoms with E-state index in [9.17, 15) is 4.79 Å². The van der Waals surface area contributed by atoms with Crippen molar-refractivity contribution in [2.24, 2.45) is 0 Å². The van der Waals surface area contributed by atoms with Crippen LogP contribution in [0.3, 0.4) is 0 Å². The molecule has 0 radical (unpaired) electrons. The summed E-state index contributed by atoms with van der Waals surface area (Å²) in [5, 5.41) is 7.08. The van der Waals surface area contributed by atoms with Crippen molar-refractivity contribution >= 4 is 6.03 Å². The monoisotopic (exact) mass is 342 g/mol. The fourth-order valence-electron chi connectivity index (χ4n) is 3.62. The average Bonchev–Trinajstić information content (AvgIpc) is 3.00. The van der Waals surface area contributed by atoms with Gasteiger partial charge in [0.05, 0.1) is 0 Å². The number of hydrogen-bond acceptors (Lipinski definition) is 4. The highest BCUT2D eigenvalue weighted by Crippen LogP contribution is 2.25. The molecule has 1 N–H and O–H groups in total. The Kier molecular flexibility index (Phi) is 5.06. The van der Waals surface area contributed by atoms with Crippen molar-refractivity contribution < 1.29 is 9.32 Å². The van der Waals surface area contributed by atoms with Gasteiger partial charge in [0.1, 0.15) is 0 Å². The van der Waals surface area contributed by atoms with E-state index in [1.54, 1.807) is 6.92 Å². The Balaban J connectivity index is 1.61. The van der Waals surface area contributed by atoms with Crippen LogP contribution in [0.1, 0.15) is 52.7 Å². The molecule has 0 spiro atoms. The Morgan fingerprint density at radius 1 is 1.28 bits per heavy atom. The van der Waals surface area contributed by atoms with Crippen LogP contribution in [0.15, 0.2) is 16.7 Å². The van der Waals surface area contributed by atoms with Crippen molar-refractivity contribution in [1.82, 2.24) is 20.4 Å². The van der Waals surface area contributed by atoms with E-state index in [1.165, 1.54) is 22.3 Å². The zero-order chi connectivity index (χ0) is 18.0. The summed E-state index contributed by atoms with van der Waals surface area (Å²) >= 11 is 0. The minimum Gasteiger partial charge on any atom is -0.340 e. The number of aromatic nitrogens is 2. The molecule has 1 saturated heterocycles. The number of likely N-dealkylation sites (tertiary alicyclic amines) is 1. The average molecular weight is 342 g/mol. The molecule has 1 aromatic heterocycles. The number of benzene rings is 1. The fraction of sp³-hybridized carbons (Fsp3) is 0.526. The molecular weight excluding hydrogens is 316 g/mol. The van der Waals surface area contributed by atoms with E-state index in [1.807, 2.05) is 4.90 Å². The molecule has 1 aromatic carbocycles. The van der Waals surface area contributed by atoms with Gasteiger partial charge in [-0.3, -0.25) is 0 Å². The predicted molar refractivity (Wildman–Crippen MR) is 95.5 cm³/mol. The minimum absolute atomic E-state index is 0.0238. The third kappa shape index (κ3) is 4.00. The molecular formula is C19H26N4O2. The maximum absolute atomic E-state index is 12.6. The number of amides is 2. The first kappa shape index (κ1) is 17.5. The second-order valence-electron chi connectivity index (χ2n) is 6.99. The van der Waals surface area contributed by atoms with Crippen LogP contribution >= 0.6 is 0 Å². The molecule has 1 aliphatic heterocycles. The number of hydrogen-bond donors (Lipinski definition) is 1. The second-order valence-corrected chi connectivity index (χ2v) is 6.99. The molecule has 0 saturated carbocycles. The van der Waals surface area contributed by atoms with Crippen LogP contribution in [0, 0.1) is 27.7 Å². The summed E-state index contributed by atoms with van der Waals surface area (Å²) in [5.74, 6) is 1.43. The lowest BCUT2D eigenvalue weighted by Crippen LogP contribution is -2.45. The van der Waals surface area contributed by atoms with Crippen molar-refractivity contribution in [3.63, 3.8) is 0 Å². The number of carbonyl (C=O) groups excluding carboxylic acids is 1.